The first-order valence-corrected chi connectivity index (χ1v) is 29.8. The van der Waals surface area contributed by atoms with Crippen molar-refractivity contribution in [1.29, 1.82) is 0 Å². The van der Waals surface area contributed by atoms with Gasteiger partial charge in [-0.2, -0.15) is 0 Å². The normalized spacial score (nSPS) is 11.8. The molecule has 0 aliphatic heterocycles. The van der Waals surface area contributed by atoms with Crippen LogP contribution in [-0.4, -0.2) is 0 Å². The summed E-state index contributed by atoms with van der Waals surface area (Å²) in [7, 11) is 0. The third kappa shape index (κ3) is 12.2. The topological polar surface area (TPSA) is 0 Å². The number of aryl methyl sites for hydroxylation is 7. The van der Waals surface area contributed by atoms with E-state index in [1.54, 1.807) is 22.3 Å². The maximum absolute atomic E-state index is 2.60. The van der Waals surface area contributed by atoms with Gasteiger partial charge in [0.1, 0.15) is 0 Å². The van der Waals surface area contributed by atoms with Crippen LogP contribution in [0.2, 0.25) is 0 Å². The Kier molecular flexibility index (Phi) is 18.4. The summed E-state index contributed by atoms with van der Waals surface area (Å²) in [5.41, 5.74) is 7.66. The number of hydrogen-bond donors (Lipinski definition) is 0. The van der Waals surface area contributed by atoms with Gasteiger partial charge in [0, 0.05) is 68.3 Å². The summed E-state index contributed by atoms with van der Waals surface area (Å²) in [6.07, 6.45) is 25.6. The van der Waals surface area contributed by atoms with Crippen molar-refractivity contribution < 1.29 is 0 Å². The van der Waals surface area contributed by atoms with E-state index < -0.39 is 0 Å². The molecule has 7 rings (SSSR count). The summed E-state index contributed by atoms with van der Waals surface area (Å²) in [6, 6.07) is 22.4. The molecule has 0 unspecified atom stereocenters. The molecular weight excluding hydrogens is 885 g/mol. The van der Waals surface area contributed by atoms with Crippen molar-refractivity contribution in [2.45, 2.75) is 177 Å². The molecule has 0 radical (unpaired) electrons. The van der Waals surface area contributed by atoms with Crippen molar-refractivity contribution in [3.05, 3.63) is 92.2 Å². The first kappa shape index (κ1) is 47.9. The first-order chi connectivity index (χ1) is 30.3. The standard InChI is InChI=1S/C55H70S7/c1-8-12-16-20-24-40-33-39(7)57-52(40)44-28-29-45(58-44)53-41(25-21-17-13-9-2)34-48(60-53)49-35-42(26-22-18-14-10-3)54(61-49)46-30-31-47(59-46)55-43(27-23-19-15-11-4)36-50(62-55)51-37(5)32-38(6)56-51/h28-36H,8-27H2,1-7H3. The maximum atomic E-state index is 2.60. The van der Waals surface area contributed by atoms with Gasteiger partial charge in [-0.25, -0.2) is 0 Å². The molecule has 0 N–H and O–H groups in total. The molecule has 0 bridgehead atoms. The highest BCUT2D eigenvalue weighted by atomic mass is 32.1. The second-order valence-electron chi connectivity index (χ2n) is 17.5. The molecule has 62 heavy (non-hydrogen) atoms. The highest BCUT2D eigenvalue weighted by Crippen LogP contribution is 2.51. The lowest BCUT2D eigenvalue weighted by Gasteiger charge is -2.03. The minimum absolute atomic E-state index is 1.17. The fraction of sp³-hybridized carbons (Fsp3) is 0.491. The van der Waals surface area contributed by atoms with E-state index >= 15 is 0 Å². The van der Waals surface area contributed by atoms with E-state index in [0.717, 1.165) is 0 Å². The van der Waals surface area contributed by atoms with Gasteiger partial charge in [-0.05, 0) is 155 Å². The van der Waals surface area contributed by atoms with Gasteiger partial charge in [-0.15, -0.1) is 79.4 Å². The summed E-state index contributed by atoms with van der Waals surface area (Å²) < 4.78 is 0. The third-order valence-electron chi connectivity index (χ3n) is 12.2. The van der Waals surface area contributed by atoms with Gasteiger partial charge >= 0.3 is 0 Å². The second kappa shape index (κ2) is 23.9. The lowest BCUT2D eigenvalue weighted by Crippen LogP contribution is -1.85. The molecule has 0 aliphatic rings. The van der Waals surface area contributed by atoms with Gasteiger partial charge in [0.15, 0.2) is 0 Å². The van der Waals surface area contributed by atoms with E-state index in [4.69, 9.17) is 0 Å². The van der Waals surface area contributed by atoms with Crippen molar-refractivity contribution in [2.75, 3.05) is 0 Å². The molecule has 0 aliphatic carbocycles. The SMILES string of the molecule is CCCCCCc1cc(C)sc1-c1ccc(-c2sc(-c3cc(CCCCCC)c(-c4ccc(-c5sc(-c6sc(C)cc6C)cc5CCCCCC)s4)s3)cc2CCCCCC)s1. The lowest BCUT2D eigenvalue weighted by molar-refractivity contribution is 0.668. The Hall–Kier alpha value is -2.10. The first-order valence-electron chi connectivity index (χ1n) is 24.1. The fourth-order valence-corrected chi connectivity index (χ4v) is 17.4. The summed E-state index contributed by atoms with van der Waals surface area (Å²) in [5.74, 6) is 0. The van der Waals surface area contributed by atoms with E-state index in [0.29, 0.717) is 0 Å². The van der Waals surface area contributed by atoms with Crippen LogP contribution < -0.4 is 0 Å². The zero-order chi connectivity index (χ0) is 43.4. The predicted molar refractivity (Wildman–Crippen MR) is 290 cm³/mol. The Morgan fingerprint density at radius 3 is 0.984 bits per heavy atom. The molecule has 0 nitrogen and oxygen atoms in total. The van der Waals surface area contributed by atoms with E-state index in [2.05, 4.69) is 126 Å². The van der Waals surface area contributed by atoms with Crippen molar-refractivity contribution in [3.63, 3.8) is 0 Å². The molecule has 0 spiro atoms. The molecule has 332 valence electrons. The van der Waals surface area contributed by atoms with Gasteiger partial charge in [-0.1, -0.05) is 105 Å². The van der Waals surface area contributed by atoms with Crippen LogP contribution in [0.4, 0.5) is 0 Å². The lowest BCUT2D eigenvalue weighted by atomic mass is 10.0. The van der Waals surface area contributed by atoms with Gasteiger partial charge in [-0.3, -0.25) is 0 Å². The van der Waals surface area contributed by atoms with Crippen LogP contribution >= 0.6 is 79.4 Å². The highest BCUT2D eigenvalue weighted by Gasteiger charge is 2.22. The number of hydrogen-bond acceptors (Lipinski definition) is 7. The molecule has 7 heteroatoms. The quantitative estimate of drug-likeness (QED) is 0.0475. The number of rotatable bonds is 26. The molecule has 7 aromatic heterocycles. The Balaban J connectivity index is 1.22. The molecular formula is C55H70S7. The van der Waals surface area contributed by atoms with Crippen molar-refractivity contribution >= 4 is 79.4 Å². The predicted octanol–water partition coefficient (Wildman–Crippen LogP) is 21.5. The average molecular weight is 956 g/mol. The van der Waals surface area contributed by atoms with Crippen LogP contribution in [0.5, 0.6) is 0 Å². The van der Waals surface area contributed by atoms with Crippen LogP contribution in [0.3, 0.4) is 0 Å². The molecule has 0 atom stereocenters. The summed E-state index contributed by atoms with van der Waals surface area (Å²) >= 11 is 14.2. The van der Waals surface area contributed by atoms with Gasteiger partial charge in [0.05, 0.1) is 0 Å². The van der Waals surface area contributed by atoms with Crippen LogP contribution in [0.15, 0.2) is 54.6 Å². The number of unbranched alkanes of at least 4 members (excludes halogenated alkanes) is 12. The Morgan fingerprint density at radius 1 is 0.290 bits per heavy atom. The van der Waals surface area contributed by atoms with Crippen LogP contribution in [-0.2, 0) is 25.7 Å². The van der Waals surface area contributed by atoms with Gasteiger partial charge < -0.3 is 0 Å². The average Bonchev–Trinajstić information content (AvgIpc) is 4.12. The van der Waals surface area contributed by atoms with Gasteiger partial charge in [0.25, 0.3) is 0 Å². The van der Waals surface area contributed by atoms with E-state index in [9.17, 15) is 0 Å². The van der Waals surface area contributed by atoms with Crippen LogP contribution in [0.25, 0.3) is 58.5 Å². The number of thiophene rings is 7. The van der Waals surface area contributed by atoms with Crippen molar-refractivity contribution in [3.8, 4) is 58.5 Å². The van der Waals surface area contributed by atoms with Crippen molar-refractivity contribution in [1.82, 2.24) is 0 Å². The molecule has 0 aromatic carbocycles. The summed E-state index contributed by atoms with van der Waals surface area (Å²) in [5, 5.41) is 0. The third-order valence-corrected chi connectivity index (χ3v) is 21.2. The Labute approximate surface area is 403 Å². The summed E-state index contributed by atoms with van der Waals surface area (Å²) in [6.45, 7) is 16.1. The second-order valence-corrected chi connectivity index (χ2v) is 25.4. The Bertz CT molecular complexity index is 2420. The monoisotopic (exact) mass is 954 g/mol. The fourth-order valence-electron chi connectivity index (χ4n) is 8.80. The largest absolute Gasteiger partial charge is 0.139 e. The molecule has 0 saturated heterocycles. The molecule has 0 saturated carbocycles. The smallest absolute Gasteiger partial charge is 0.0481 e. The highest BCUT2D eigenvalue weighted by molar-refractivity contribution is 7.31. The Morgan fingerprint density at radius 2 is 0.613 bits per heavy atom. The van der Waals surface area contributed by atoms with E-state index in [-0.39, 0.29) is 0 Å². The van der Waals surface area contributed by atoms with Crippen LogP contribution in [0.1, 0.15) is 168 Å². The maximum Gasteiger partial charge on any atom is 0.0481 e. The van der Waals surface area contributed by atoms with E-state index in [1.165, 1.54) is 202 Å². The van der Waals surface area contributed by atoms with Crippen LogP contribution in [0, 0.1) is 20.8 Å². The zero-order valence-corrected chi connectivity index (χ0v) is 44.4. The van der Waals surface area contributed by atoms with Crippen molar-refractivity contribution in [2.24, 2.45) is 0 Å². The molecule has 7 aromatic rings. The zero-order valence-electron chi connectivity index (χ0n) is 38.7. The molecule has 0 amide bonds. The summed E-state index contributed by atoms with van der Waals surface area (Å²) in [4.78, 5) is 20.6. The molecule has 0 fully saturated rings. The minimum Gasteiger partial charge on any atom is -0.139 e. The van der Waals surface area contributed by atoms with Gasteiger partial charge in [0.2, 0.25) is 0 Å². The van der Waals surface area contributed by atoms with E-state index in [1.807, 2.05) is 56.7 Å². The minimum atomic E-state index is 1.17. The molecule has 7 heterocycles.